The zero-order valence-electron chi connectivity index (χ0n) is 19.5. The maximum absolute atomic E-state index is 12.7. The van der Waals surface area contributed by atoms with Crippen LogP contribution in [-0.4, -0.2) is 47.8 Å². The van der Waals surface area contributed by atoms with Crippen LogP contribution in [0.4, 0.5) is 11.5 Å². The normalized spacial score (nSPS) is 13.1. The monoisotopic (exact) mass is 459 g/mol. The number of amides is 1. The predicted octanol–water partition coefficient (Wildman–Crippen LogP) is 3.21. The molecule has 1 aromatic carbocycles. The highest BCUT2D eigenvalue weighted by molar-refractivity contribution is 5.99. The second-order valence-corrected chi connectivity index (χ2v) is 8.21. The first-order valence-corrected chi connectivity index (χ1v) is 11.2. The highest BCUT2D eigenvalue weighted by atomic mass is 16.5. The highest BCUT2D eigenvalue weighted by Gasteiger charge is 2.21. The number of anilines is 2. The van der Waals surface area contributed by atoms with E-state index in [0.717, 1.165) is 24.2 Å². The fraction of sp³-hybridized carbons (Fsp3) is 0.280. The zero-order valence-corrected chi connectivity index (χ0v) is 19.5. The van der Waals surface area contributed by atoms with Gasteiger partial charge in [0.1, 0.15) is 23.0 Å². The third kappa shape index (κ3) is 4.99. The Morgan fingerprint density at radius 2 is 2.03 bits per heavy atom. The van der Waals surface area contributed by atoms with Gasteiger partial charge < -0.3 is 31.8 Å². The van der Waals surface area contributed by atoms with Crippen LogP contribution in [-0.2, 0) is 6.42 Å². The molecule has 176 valence electrons. The Bertz CT molecular complexity index is 1240. The molecule has 1 aliphatic rings. The van der Waals surface area contributed by atoms with E-state index in [2.05, 4.69) is 25.9 Å². The van der Waals surface area contributed by atoms with E-state index < -0.39 is 0 Å². The third-order valence-corrected chi connectivity index (χ3v) is 5.68. The second-order valence-electron chi connectivity index (χ2n) is 8.21. The molecular formula is C25H29N7O2. The number of pyridine rings is 2. The molecule has 9 nitrogen and oxygen atoms in total. The van der Waals surface area contributed by atoms with Gasteiger partial charge in [-0.25, -0.2) is 9.97 Å². The van der Waals surface area contributed by atoms with Crippen molar-refractivity contribution < 1.29 is 9.53 Å². The quantitative estimate of drug-likeness (QED) is 0.326. The Kier molecular flexibility index (Phi) is 6.74. The number of nitrogens with one attached hydrogen (secondary N) is 4. The summed E-state index contributed by atoms with van der Waals surface area (Å²) in [5.74, 6) is 1.29. The molecule has 0 unspecified atom stereocenters. The number of carbonyl (C=O) groups is 1. The molecule has 0 radical (unpaired) electrons. The summed E-state index contributed by atoms with van der Waals surface area (Å²) in [5.41, 5.74) is 10.8. The summed E-state index contributed by atoms with van der Waals surface area (Å²) in [6.07, 6.45) is 2.28. The van der Waals surface area contributed by atoms with Crippen molar-refractivity contribution in [3.63, 3.8) is 0 Å². The van der Waals surface area contributed by atoms with Gasteiger partial charge in [0, 0.05) is 49.5 Å². The molecule has 1 aliphatic heterocycles. The molecule has 34 heavy (non-hydrogen) atoms. The van der Waals surface area contributed by atoms with Crippen LogP contribution in [0.5, 0.6) is 11.5 Å². The smallest absolute Gasteiger partial charge is 0.251 e. The number of aryl methyl sites for hydroxylation is 1. The number of benzene rings is 1. The van der Waals surface area contributed by atoms with Gasteiger partial charge in [-0.2, -0.15) is 0 Å². The van der Waals surface area contributed by atoms with Crippen molar-refractivity contribution in [2.45, 2.75) is 26.3 Å². The summed E-state index contributed by atoms with van der Waals surface area (Å²) in [6, 6.07) is 11.1. The van der Waals surface area contributed by atoms with Crippen molar-refractivity contribution in [3.05, 3.63) is 59.4 Å². The van der Waals surface area contributed by atoms with E-state index >= 15 is 0 Å². The lowest BCUT2D eigenvalue weighted by atomic mass is 9.99. The fourth-order valence-electron chi connectivity index (χ4n) is 3.78. The summed E-state index contributed by atoms with van der Waals surface area (Å²) in [5, 5.41) is 17.1. The fourth-order valence-corrected chi connectivity index (χ4v) is 3.78. The predicted molar refractivity (Wildman–Crippen MR) is 134 cm³/mol. The van der Waals surface area contributed by atoms with Crippen LogP contribution in [0.2, 0.25) is 0 Å². The van der Waals surface area contributed by atoms with Crippen LogP contribution in [0.25, 0.3) is 11.3 Å². The molecule has 0 atom stereocenters. The number of rotatable bonds is 8. The Morgan fingerprint density at radius 3 is 2.68 bits per heavy atom. The second kappa shape index (κ2) is 9.88. The maximum Gasteiger partial charge on any atom is 0.251 e. The minimum Gasteiger partial charge on any atom is -0.455 e. The Labute approximate surface area is 198 Å². The minimum absolute atomic E-state index is 0.0593. The zero-order chi connectivity index (χ0) is 24.2. The van der Waals surface area contributed by atoms with E-state index in [9.17, 15) is 4.79 Å². The van der Waals surface area contributed by atoms with Gasteiger partial charge in [-0.15, -0.1) is 0 Å². The molecule has 1 amide bonds. The number of hydrogen-bond acceptors (Lipinski definition) is 8. The third-order valence-electron chi connectivity index (χ3n) is 5.68. The van der Waals surface area contributed by atoms with Gasteiger partial charge in [-0.3, -0.25) is 4.79 Å². The highest BCUT2D eigenvalue weighted by Crippen LogP contribution is 2.30. The van der Waals surface area contributed by atoms with Gasteiger partial charge in [0.05, 0.1) is 29.3 Å². The van der Waals surface area contributed by atoms with E-state index in [1.807, 2.05) is 25.1 Å². The number of carbonyl (C=O) groups excluding carboxylic acids is 1. The molecule has 0 saturated carbocycles. The van der Waals surface area contributed by atoms with E-state index in [1.54, 1.807) is 38.4 Å². The van der Waals surface area contributed by atoms with Crippen LogP contribution < -0.4 is 26.4 Å². The molecule has 2 aromatic heterocycles. The Balaban J connectivity index is 1.60. The van der Waals surface area contributed by atoms with Gasteiger partial charge in [-0.05, 0) is 31.0 Å². The molecule has 1 fully saturated rings. The average molecular weight is 460 g/mol. The SMILES string of the molecule is CCc1cc(-c2cc(Oc3cnc(C(C)=N)c(NC)c3)cc(N)n2)ccc1C(=O)NC1CNC1. The summed E-state index contributed by atoms with van der Waals surface area (Å²) in [4.78, 5) is 21.5. The number of nitrogens with two attached hydrogens (primary N) is 1. The van der Waals surface area contributed by atoms with E-state index in [1.165, 1.54) is 0 Å². The largest absolute Gasteiger partial charge is 0.455 e. The number of aromatic nitrogens is 2. The van der Waals surface area contributed by atoms with Gasteiger partial charge in [0.15, 0.2) is 0 Å². The van der Waals surface area contributed by atoms with Gasteiger partial charge in [0.2, 0.25) is 0 Å². The summed E-state index contributed by atoms with van der Waals surface area (Å²) < 4.78 is 6.02. The Hall–Kier alpha value is -3.98. The van der Waals surface area contributed by atoms with Gasteiger partial charge >= 0.3 is 0 Å². The maximum atomic E-state index is 12.7. The number of nitrogen functional groups attached to an aromatic ring is 1. The van der Waals surface area contributed by atoms with Crippen molar-refractivity contribution in [2.75, 3.05) is 31.2 Å². The molecule has 0 aliphatic carbocycles. The minimum atomic E-state index is -0.0593. The van der Waals surface area contributed by atoms with Crippen molar-refractivity contribution in [3.8, 4) is 22.8 Å². The van der Waals surface area contributed by atoms with E-state index in [0.29, 0.717) is 52.1 Å². The lowest BCUT2D eigenvalue weighted by molar-refractivity contribution is 0.0923. The summed E-state index contributed by atoms with van der Waals surface area (Å²) in [6.45, 7) is 5.31. The first kappa shape index (κ1) is 23.2. The van der Waals surface area contributed by atoms with Gasteiger partial charge in [0.25, 0.3) is 5.91 Å². The van der Waals surface area contributed by atoms with Gasteiger partial charge in [-0.1, -0.05) is 13.0 Å². The van der Waals surface area contributed by atoms with Crippen molar-refractivity contribution in [1.29, 1.82) is 5.41 Å². The lowest BCUT2D eigenvalue weighted by Crippen LogP contribution is -2.57. The van der Waals surface area contributed by atoms with Crippen LogP contribution in [0, 0.1) is 5.41 Å². The molecule has 0 bridgehead atoms. The summed E-state index contributed by atoms with van der Waals surface area (Å²) >= 11 is 0. The topological polar surface area (TPSA) is 138 Å². The molecule has 1 saturated heterocycles. The first-order chi connectivity index (χ1) is 16.4. The van der Waals surface area contributed by atoms with Crippen molar-refractivity contribution in [2.24, 2.45) is 0 Å². The van der Waals surface area contributed by atoms with E-state index in [4.69, 9.17) is 15.9 Å². The number of hydrogen-bond donors (Lipinski definition) is 5. The molecule has 3 aromatic rings. The van der Waals surface area contributed by atoms with Crippen molar-refractivity contribution >= 4 is 23.1 Å². The Morgan fingerprint density at radius 1 is 1.24 bits per heavy atom. The number of ether oxygens (including phenoxy) is 1. The molecular weight excluding hydrogens is 430 g/mol. The molecule has 0 spiro atoms. The molecule has 9 heteroatoms. The van der Waals surface area contributed by atoms with Crippen molar-refractivity contribution in [1.82, 2.24) is 20.6 Å². The standard InChI is InChI=1S/C25H29N7O2/c1-4-15-7-16(5-6-20(15)25(33)31-17-11-29-12-17)21-8-18(10-23(27)32-21)34-19-9-22(28-3)24(14(2)26)30-13-19/h5-10,13,17,26,28-29H,4,11-12H2,1-3H3,(H2,27,32)(H,31,33). The summed E-state index contributed by atoms with van der Waals surface area (Å²) in [7, 11) is 1.77. The van der Waals surface area contributed by atoms with Crippen LogP contribution in [0.3, 0.4) is 0 Å². The molecule has 6 N–H and O–H groups in total. The average Bonchev–Trinajstić information content (AvgIpc) is 2.80. The first-order valence-electron chi connectivity index (χ1n) is 11.2. The van der Waals surface area contributed by atoms with E-state index in [-0.39, 0.29) is 11.9 Å². The molecule has 3 heterocycles. The molecule has 4 rings (SSSR count). The lowest BCUT2D eigenvalue weighted by Gasteiger charge is -2.28. The van der Waals surface area contributed by atoms with Crippen LogP contribution >= 0.6 is 0 Å². The number of nitrogens with zero attached hydrogens (tertiary/aromatic N) is 2. The van der Waals surface area contributed by atoms with Crippen LogP contribution in [0.15, 0.2) is 42.6 Å². The van der Waals surface area contributed by atoms with Crippen LogP contribution in [0.1, 0.15) is 35.5 Å².